The van der Waals surface area contributed by atoms with Crippen LogP contribution in [-0.4, -0.2) is 43.5 Å². The minimum absolute atomic E-state index is 0.171. The van der Waals surface area contributed by atoms with Crippen molar-refractivity contribution in [3.8, 4) is 0 Å². The second-order valence-electron chi connectivity index (χ2n) is 11.7. The molecule has 7 heteroatoms. The number of benzene rings is 1. The fourth-order valence-electron chi connectivity index (χ4n) is 5.53. The number of nitrogens with zero attached hydrogens (tertiary/aromatic N) is 3. The number of nitrogen functional groups attached to an aromatic ring is 1. The van der Waals surface area contributed by atoms with Gasteiger partial charge in [-0.25, -0.2) is 0 Å². The molecule has 2 saturated heterocycles. The summed E-state index contributed by atoms with van der Waals surface area (Å²) in [5.74, 6) is 0. The lowest BCUT2D eigenvalue weighted by Crippen LogP contribution is -2.65. The van der Waals surface area contributed by atoms with Gasteiger partial charge in [-0.05, 0) is 99.6 Å². The predicted molar refractivity (Wildman–Crippen MR) is 125 cm³/mol. The molecule has 0 radical (unpaired) electrons. The summed E-state index contributed by atoms with van der Waals surface area (Å²) in [5, 5.41) is 15.9. The molecule has 2 aliphatic heterocycles. The molecule has 176 valence electrons. The zero-order valence-electron chi connectivity index (χ0n) is 20.6. The molecule has 1 aromatic rings. The Labute approximate surface area is 187 Å². The van der Waals surface area contributed by atoms with Gasteiger partial charge >= 0.3 is 0 Å². The number of hydrogen-bond acceptors (Lipinski definition) is 7. The van der Waals surface area contributed by atoms with Gasteiger partial charge < -0.3 is 10.8 Å². The van der Waals surface area contributed by atoms with Crippen LogP contribution in [0.15, 0.2) is 24.3 Å². The van der Waals surface area contributed by atoms with E-state index < -0.39 is 11.1 Å². The van der Waals surface area contributed by atoms with Crippen LogP contribution in [0.1, 0.15) is 87.5 Å². The lowest BCUT2D eigenvalue weighted by atomic mass is 9.80. The minimum Gasteiger partial charge on any atom is -0.397 e. The number of anilines is 2. The van der Waals surface area contributed by atoms with Gasteiger partial charge in [-0.1, -0.05) is 17.4 Å². The van der Waals surface area contributed by atoms with E-state index in [0.717, 1.165) is 19.3 Å². The van der Waals surface area contributed by atoms with Crippen molar-refractivity contribution in [2.24, 2.45) is 0 Å². The van der Waals surface area contributed by atoms with Gasteiger partial charge in [0, 0.05) is 22.2 Å². The Hall–Kier alpha value is -1.38. The van der Waals surface area contributed by atoms with Crippen molar-refractivity contribution in [2.45, 2.75) is 116 Å². The van der Waals surface area contributed by atoms with Gasteiger partial charge in [-0.3, -0.25) is 0 Å². The molecular formula is C24H42N4O3. The smallest absolute Gasteiger partial charge is 0.121 e. The predicted octanol–water partition coefficient (Wildman–Crippen LogP) is 4.83. The minimum atomic E-state index is -0.404. The molecule has 3 N–H and O–H groups in total. The molecule has 0 aliphatic carbocycles. The highest BCUT2D eigenvalue weighted by molar-refractivity contribution is 5.64. The van der Waals surface area contributed by atoms with Crippen molar-refractivity contribution in [3.63, 3.8) is 0 Å². The van der Waals surface area contributed by atoms with Crippen LogP contribution in [0.5, 0.6) is 0 Å². The summed E-state index contributed by atoms with van der Waals surface area (Å²) in [7, 11) is 0. The first-order valence-corrected chi connectivity index (χ1v) is 11.5. The van der Waals surface area contributed by atoms with Crippen LogP contribution in [0.2, 0.25) is 0 Å². The first kappa shape index (κ1) is 24.3. The number of aliphatic hydroxyl groups is 1. The molecule has 1 aromatic carbocycles. The average Bonchev–Trinajstić information content (AvgIpc) is 2.58. The first-order valence-electron chi connectivity index (χ1n) is 11.5. The fourth-order valence-corrected chi connectivity index (χ4v) is 5.53. The molecule has 0 amide bonds. The van der Waals surface area contributed by atoms with Crippen LogP contribution >= 0.6 is 0 Å². The highest BCUT2D eigenvalue weighted by atomic mass is 17.1. The topological polar surface area (TPSA) is 74.4 Å². The summed E-state index contributed by atoms with van der Waals surface area (Å²) in [6, 6.07) is 7.57. The Morgan fingerprint density at radius 2 is 1.29 bits per heavy atom. The van der Waals surface area contributed by atoms with Crippen molar-refractivity contribution in [1.29, 1.82) is 0 Å². The Kier molecular flexibility index (Phi) is 6.41. The van der Waals surface area contributed by atoms with Crippen LogP contribution in [-0.2, 0) is 9.88 Å². The Morgan fingerprint density at radius 3 is 1.77 bits per heavy atom. The number of rotatable bonds is 5. The summed E-state index contributed by atoms with van der Waals surface area (Å²) < 4.78 is 0. The van der Waals surface area contributed by atoms with E-state index in [0.29, 0.717) is 24.2 Å². The van der Waals surface area contributed by atoms with E-state index in [1.54, 1.807) is 0 Å². The van der Waals surface area contributed by atoms with E-state index >= 15 is 0 Å². The van der Waals surface area contributed by atoms with Gasteiger partial charge in [0.25, 0.3) is 0 Å². The molecule has 2 heterocycles. The molecule has 2 fully saturated rings. The summed E-state index contributed by atoms with van der Waals surface area (Å²) in [6.07, 6.45) is 4.05. The highest BCUT2D eigenvalue weighted by Gasteiger charge is 2.49. The molecule has 0 bridgehead atoms. The maximum absolute atomic E-state index is 10.4. The molecule has 3 rings (SSSR count). The lowest BCUT2D eigenvalue weighted by Gasteiger charge is -2.55. The SMILES string of the molecule is CC1(C)CCCC(C)(C)N1ON(ON1C(C)(C)CC(O)CC1(C)C)c1ccccc1N. The summed E-state index contributed by atoms with van der Waals surface area (Å²) in [4.78, 5) is 13.1. The Morgan fingerprint density at radius 1 is 0.839 bits per heavy atom. The largest absolute Gasteiger partial charge is 0.397 e. The van der Waals surface area contributed by atoms with Crippen molar-refractivity contribution in [3.05, 3.63) is 24.3 Å². The number of aliphatic hydroxyl groups excluding tert-OH is 1. The van der Waals surface area contributed by atoms with Crippen molar-refractivity contribution in [2.75, 3.05) is 11.0 Å². The maximum Gasteiger partial charge on any atom is 0.121 e. The fraction of sp³-hybridized carbons (Fsp3) is 0.750. The van der Waals surface area contributed by atoms with Crippen molar-refractivity contribution < 1.29 is 15.0 Å². The Bertz CT molecular complexity index is 744. The molecular weight excluding hydrogens is 392 g/mol. The second-order valence-corrected chi connectivity index (χ2v) is 11.7. The lowest BCUT2D eigenvalue weighted by molar-refractivity contribution is -0.400. The number of hydroxylamine groups is 4. The van der Waals surface area contributed by atoms with E-state index in [1.165, 1.54) is 5.23 Å². The van der Waals surface area contributed by atoms with E-state index in [4.69, 9.17) is 15.6 Å². The third-order valence-corrected chi connectivity index (χ3v) is 6.69. The number of para-hydroxylation sites is 2. The maximum atomic E-state index is 10.4. The average molecular weight is 435 g/mol. The highest BCUT2D eigenvalue weighted by Crippen LogP contribution is 2.43. The standard InChI is InChI=1S/C24H42N4O3/c1-21(2)14-11-15-22(3,4)27(21)30-26(20-13-10-9-12-19(20)25)31-28-23(5,6)16-18(29)17-24(28,7)8/h9-10,12-13,18,29H,11,14-17,25H2,1-8H3. The molecule has 7 nitrogen and oxygen atoms in total. The molecule has 0 spiro atoms. The van der Waals surface area contributed by atoms with Crippen LogP contribution in [0, 0.1) is 0 Å². The molecule has 0 saturated carbocycles. The summed E-state index contributed by atoms with van der Waals surface area (Å²) in [6.45, 7) is 17.1. The third kappa shape index (κ3) is 5.01. The van der Waals surface area contributed by atoms with E-state index in [-0.39, 0.29) is 17.2 Å². The van der Waals surface area contributed by atoms with Crippen LogP contribution in [0.3, 0.4) is 0 Å². The molecule has 0 unspecified atom stereocenters. The van der Waals surface area contributed by atoms with Gasteiger partial charge in [0.05, 0.1) is 11.8 Å². The van der Waals surface area contributed by atoms with Gasteiger partial charge in [0.15, 0.2) is 0 Å². The first-order chi connectivity index (χ1) is 14.2. The summed E-state index contributed by atoms with van der Waals surface area (Å²) >= 11 is 0. The summed E-state index contributed by atoms with van der Waals surface area (Å²) in [5.41, 5.74) is 6.42. The van der Waals surface area contributed by atoms with Gasteiger partial charge in [-0.15, -0.1) is 10.1 Å². The van der Waals surface area contributed by atoms with E-state index in [1.807, 2.05) is 29.3 Å². The van der Waals surface area contributed by atoms with Gasteiger partial charge in [0.1, 0.15) is 5.69 Å². The van der Waals surface area contributed by atoms with E-state index in [2.05, 4.69) is 60.5 Å². The zero-order chi connectivity index (χ0) is 23.2. The van der Waals surface area contributed by atoms with Crippen LogP contribution < -0.4 is 11.0 Å². The molecule has 2 aliphatic rings. The van der Waals surface area contributed by atoms with Crippen molar-refractivity contribution in [1.82, 2.24) is 10.1 Å². The zero-order valence-corrected chi connectivity index (χ0v) is 20.6. The van der Waals surface area contributed by atoms with Crippen LogP contribution in [0.4, 0.5) is 11.4 Å². The second kappa shape index (κ2) is 8.19. The normalized spacial score (nSPS) is 26.0. The molecule has 0 aromatic heterocycles. The number of nitrogens with two attached hydrogens (primary N) is 1. The quantitative estimate of drug-likeness (QED) is 0.508. The van der Waals surface area contributed by atoms with Gasteiger partial charge in [0.2, 0.25) is 0 Å². The van der Waals surface area contributed by atoms with Crippen molar-refractivity contribution >= 4 is 11.4 Å². The Balaban J connectivity index is 1.99. The number of piperidine rings is 2. The number of hydrogen-bond donors (Lipinski definition) is 2. The van der Waals surface area contributed by atoms with Gasteiger partial charge in [-0.2, -0.15) is 9.88 Å². The van der Waals surface area contributed by atoms with E-state index in [9.17, 15) is 5.11 Å². The molecule has 31 heavy (non-hydrogen) atoms. The van der Waals surface area contributed by atoms with Crippen LogP contribution in [0.25, 0.3) is 0 Å². The third-order valence-electron chi connectivity index (χ3n) is 6.69. The molecule has 0 atom stereocenters. The monoisotopic (exact) mass is 434 g/mol.